The van der Waals surface area contributed by atoms with Gasteiger partial charge in [0.15, 0.2) is 11.5 Å². The minimum atomic E-state index is -0.277. The molecule has 1 aliphatic rings. The Morgan fingerprint density at radius 2 is 2.00 bits per heavy atom. The van der Waals surface area contributed by atoms with Gasteiger partial charge in [0.2, 0.25) is 0 Å². The molecule has 0 saturated heterocycles. The highest BCUT2D eigenvalue weighted by Gasteiger charge is 2.24. The van der Waals surface area contributed by atoms with Gasteiger partial charge < -0.3 is 14.8 Å². The second-order valence-electron chi connectivity index (χ2n) is 6.53. The summed E-state index contributed by atoms with van der Waals surface area (Å²) in [7, 11) is 1.57. The molecule has 0 atom stereocenters. The van der Waals surface area contributed by atoms with Crippen molar-refractivity contribution < 1.29 is 9.47 Å². The van der Waals surface area contributed by atoms with Gasteiger partial charge >= 0.3 is 0 Å². The first-order valence-corrected chi connectivity index (χ1v) is 10.1. The van der Waals surface area contributed by atoms with Crippen molar-refractivity contribution in [2.75, 3.05) is 19.0 Å². The van der Waals surface area contributed by atoms with E-state index in [4.69, 9.17) is 32.7 Å². The summed E-state index contributed by atoms with van der Waals surface area (Å²) >= 11 is 15.8. The van der Waals surface area contributed by atoms with E-state index in [1.807, 2.05) is 12.1 Å². The summed E-state index contributed by atoms with van der Waals surface area (Å²) in [4.78, 5) is 16.6. The highest BCUT2D eigenvalue weighted by molar-refractivity contribution is 9.08. The molecule has 1 aliphatic carbocycles. The number of fused-ring (bicyclic) bond motifs is 1. The van der Waals surface area contributed by atoms with E-state index in [0.717, 1.165) is 18.2 Å². The predicted octanol–water partition coefficient (Wildman–Crippen LogP) is 5.40. The van der Waals surface area contributed by atoms with Gasteiger partial charge in [0, 0.05) is 23.8 Å². The molecule has 2 aromatic heterocycles. The zero-order chi connectivity index (χ0) is 19.8. The summed E-state index contributed by atoms with van der Waals surface area (Å²) in [5, 5.41) is 4.60. The Morgan fingerprint density at radius 1 is 1.29 bits per heavy atom. The average molecular weight is 485 g/mol. The lowest BCUT2D eigenvalue weighted by Gasteiger charge is -2.18. The molecule has 146 valence electrons. The van der Waals surface area contributed by atoms with Crippen LogP contribution in [0, 0.1) is 5.92 Å². The van der Waals surface area contributed by atoms with E-state index in [1.54, 1.807) is 7.11 Å². The molecule has 0 radical (unpaired) electrons. The summed E-state index contributed by atoms with van der Waals surface area (Å²) in [6.45, 7) is 0.580. The number of ether oxygens (including phenoxy) is 2. The third-order valence-corrected chi connectivity index (χ3v) is 5.81. The van der Waals surface area contributed by atoms with Crippen molar-refractivity contribution in [3.63, 3.8) is 0 Å². The van der Waals surface area contributed by atoms with Gasteiger partial charge in [-0.3, -0.25) is 9.78 Å². The molecule has 0 spiro atoms. The maximum atomic E-state index is 12.6. The lowest BCUT2D eigenvalue weighted by Crippen LogP contribution is -2.14. The number of benzene rings is 1. The standard InChI is InChI=1S/C19H16BrCl2N3O3/c1-27-15-5-4-11-14(24-17-12(21)7-23-8-13(17)22)6-16(26)25(20)18(11)19(15)28-9-10-2-3-10/h4-8,10H,2-3,9H2,1H3,(H,23,24). The normalized spacial score (nSPS) is 13.6. The van der Waals surface area contributed by atoms with Crippen LogP contribution in [-0.2, 0) is 0 Å². The fourth-order valence-corrected chi connectivity index (χ4v) is 3.80. The van der Waals surface area contributed by atoms with E-state index in [1.165, 1.54) is 22.1 Å². The molecule has 1 N–H and O–H groups in total. The molecule has 1 fully saturated rings. The molecule has 1 saturated carbocycles. The second kappa shape index (κ2) is 7.81. The molecule has 1 aromatic carbocycles. The lowest BCUT2D eigenvalue weighted by atomic mass is 10.1. The first-order valence-electron chi connectivity index (χ1n) is 8.61. The van der Waals surface area contributed by atoms with E-state index in [-0.39, 0.29) is 5.56 Å². The highest BCUT2D eigenvalue weighted by atomic mass is 79.9. The van der Waals surface area contributed by atoms with Crippen LogP contribution >= 0.6 is 39.3 Å². The highest BCUT2D eigenvalue weighted by Crippen LogP contribution is 2.41. The van der Waals surface area contributed by atoms with Crippen LogP contribution in [0.5, 0.6) is 11.5 Å². The number of rotatable bonds is 6. The van der Waals surface area contributed by atoms with E-state index < -0.39 is 0 Å². The number of hydrogen-bond acceptors (Lipinski definition) is 5. The van der Waals surface area contributed by atoms with Crippen LogP contribution in [0.4, 0.5) is 11.4 Å². The third-order valence-electron chi connectivity index (χ3n) is 4.54. The molecular formula is C19H16BrCl2N3O3. The molecule has 0 aliphatic heterocycles. The first kappa shape index (κ1) is 19.4. The van der Waals surface area contributed by atoms with E-state index >= 15 is 0 Å². The zero-order valence-corrected chi connectivity index (χ0v) is 17.9. The minimum absolute atomic E-state index is 0.277. The number of aromatic nitrogens is 2. The van der Waals surface area contributed by atoms with Crippen LogP contribution in [0.15, 0.2) is 35.4 Å². The molecule has 6 nitrogen and oxygen atoms in total. The molecular weight excluding hydrogens is 469 g/mol. The maximum Gasteiger partial charge on any atom is 0.263 e. The molecule has 0 unspecified atom stereocenters. The quantitative estimate of drug-likeness (QED) is 0.507. The Balaban J connectivity index is 1.89. The van der Waals surface area contributed by atoms with E-state index in [2.05, 4.69) is 26.4 Å². The van der Waals surface area contributed by atoms with E-state index in [0.29, 0.717) is 51.0 Å². The number of hydrogen-bond donors (Lipinski definition) is 1. The van der Waals surface area contributed by atoms with Crippen LogP contribution in [0.1, 0.15) is 12.8 Å². The fourth-order valence-electron chi connectivity index (χ4n) is 2.89. The SMILES string of the molecule is COc1ccc2c(Nc3c(Cl)cncc3Cl)cc(=O)n(Br)c2c1OCC1CC1. The largest absolute Gasteiger partial charge is 0.493 e. The van der Waals surface area contributed by atoms with Crippen LogP contribution in [0.2, 0.25) is 10.0 Å². The summed E-state index contributed by atoms with van der Waals surface area (Å²) in [5.41, 5.74) is 1.31. The number of nitrogens with one attached hydrogen (secondary N) is 1. The zero-order valence-electron chi connectivity index (χ0n) is 14.8. The van der Waals surface area contributed by atoms with Crippen LogP contribution in [0.25, 0.3) is 10.9 Å². The van der Waals surface area contributed by atoms with E-state index in [9.17, 15) is 4.79 Å². The van der Waals surface area contributed by atoms with Crippen molar-refractivity contribution in [1.29, 1.82) is 0 Å². The summed E-state index contributed by atoms with van der Waals surface area (Å²) in [6.07, 6.45) is 5.27. The number of pyridine rings is 2. The number of methoxy groups -OCH3 is 1. The summed E-state index contributed by atoms with van der Waals surface area (Å²) in [6, 6.07) is 5.12. The van der Waals surface area contributed by atoms with Crippen molar-refractivity contribution in [3.05, 3.63) is 51.0 Å². The van der Waals surface area contributed by atoms with Crippen LogP contribution in [-0.4, -0.2) is 22.3 Å². The van der Waals surface area contributed by atoms with Gasteiger partial charge in [-0.2, -0.15) is 0 Å². The Hall–Kier alpha value is -1.96. The Morgan fingerprint density at radius 3 is 2.64 bits per heavy atom. The van der Waals surface area contributed by atoms with Crippen molar-refractivity contribution in [3.8, 4) is 11.5 Å². The minimum Gasteiger partial charge on any atom is -0.493 e. The molecule has 0 amide bonds. The summed E-state index contributed by atoms with van der Waals surface area (Å²) < 4.78 is 12.9. The van der Waals surface area contributed by atoms with Crippen molar-refractivity contribution in [2.24, 2.45) is 5.92 Å². The molecule has 0 bridgehead atoms. The van der Waals surface area contributed by atoms with Gasteiger partial charge in [-0.25, -0.2) is 3.59 Å². The Labute approximate surface area is 179 Å². The number of halogens is 3. The van der Waals surface area contributed by atoms with Crippen molar-refractivity contribution in [2.45, 2.75) is 12.8 Å². The lowest BCUT2D eigenvalue weighted by molar-refractivity contribution is 0.283. The van der Waals surface area contributed by atoms with Gasteiger partial charge in [0.25, 0.3) is 5.56 Å². The molecule has 9 heteroatoms. The third kappa shape index (κ3) is 3.66. The number of nitrogens with zero attached hydrogens (tertiary/aromatic N) is 2. The smallest absolute Gasteiger partial charge is 0.263 e. The monoisotopic (exact) mass is 483 g/mol. The average Bonchev–Trinajstić information content (AvgIpc) is 3.50. The molecule has 28 heavy (non-hydrogen) atoms. The van der Waals surface area contributed by atoms with Crippen molar-refractivity contribution >= 4 is 61.6 Å². The van der Waals surface area contributed by atoms with Gasteiger partial charge in [-0.1, -0.05) is 23.2 Å². The van der Waals surface area contributed by atoms with Crippen LogP contribution < -0.4 is 20.3 Å². The first-order chi connectivity index (χ1) is 13.5. The molecule has 3 aromatic rings. The van der Waals surface area contributed by atoms with Gasteiger partial charge in [-0.15, -0.1) is 0 Å². The van der Waals surface area contributed by atoms with Gasteiger partial charge in [-0.05, 0) is 30.9 Å². The van der Waals surface area contributed by atoms with Crippen molar-refractivity contribution in [1.82, 2.24) is 8.58 Å². The summed E-state index contributed by atoms with van der Waals surface area (Å²) in [5.74, 6) is 1.61. The molecule has 4 rings (SSSR count). The fraction of sp³-hybridized carbons (Fsp3) is 0.263. The second-order valence-corrected chi connectivity index (χ2v) is 8.05. The predicted molar refractivity (Wildman–Crippen MR) is 115 cm³/mol. The van der Waals surface area contributed by atoms with Gasteiger partial charge in [0.05, 0.1) is 51.3 Å². The maximum absolute atomic E-state index is 12.6. The topological polar surface area (TPSA) is 65.4 Å². The Bertz CT molecular complexity index is 1100. The molecule has 2 heterocycles. The number of anilines is 2. The van der Waals surface area contributed by atoms with Gasteiger partial charge in [0.1, 0.15) is 5.52 Å². The Kier molecular flexibility index (Phi) is 5.40. The van der Waals surface area contributed by atoms with Crippen LogP contribution in [0.3, 0.4) is 0 Å².